The third-order valence-electron chi connectivity index (χ3n) is 3.95. The fourth-order valence-electron chi connectivity index (χ4n) is 2.64. The fourth-order valence-corrected chi connectivity index (χ4v) is 4.27. The van der Waals surface area contributed by atoms with Crippen LogP contribution in [0.1, 0.15) is 12.8 Å². The zero-order chi connectivity index (χ0) is 19.2. The number of hydrogen-bond acceptors (Lipinski definition) is 4. The minimum absolute atomic E-state index is 0.0123. The number of carbonyl (C=O) groups excluding carboxylic acids is 1. The van der Waals surface area contributed by atoms with Crippen LogP contribution in [0.25, 0.3) is 10.8 Å². The zero-order valence-corrected chi connectivity index (χ0v) is 14.9. The van der Waals surface area contributed by atoms with Gasteiger partial charge in [0, 0.05) is 13.0 Å². The standard InChI is InChI=1S/C19H20N2O4S/c1-3-5-13-21(18(8-4-2)19(22)20-23)26(24,25)17-12-11-15-9-6-7-10-16(15)14-17/h2-3,6-7,9-12,14,18,23H,1,5,8,13H2,(H,20,22)/t18-/m1/s1. The lowest BCUT2D eigenvalue weighted by atomic mass is 10.1. The minimum Gasteiger partial charge on any atom is -0.289 e. The van der Waals surface area contributed by atoms with Crippen molar-refractivity contribution in [3.8, 4) is 12.3 Å². The quantitative estimate of drug-likeness (QED) is 0.322. The summed E-state index contributed by atoms with van der Waals surface area (Å²) in [4.78, 5) is 12.1. The van der Waals surface area contributed by atoms with Gasteiger partial charge in [-0.25, -0.2) is 13.9 Å². The Hall–Kier alpha value is -2.66. The molecule has 2 aromatic carbocycles. The molecule has 136 valence electrons. The van der Waals surface area contributed by atoms with Crippen molar-refractivity contribution < 1.29 is 18.4 Å². The van der Waals surface area contributed by atoms with E-state index in [4.69, 9.17) is 11.6 Å². The van der Waals surface area contributed by atoms with E-state index in [1.54, 1.807) is 18.2 Å². The molecule has 0 saturated carbocycles. The van der Waals surface area contributed by atoms with Crippen molar-refractivity contribution in [3.05, 3.63) is 55.1 Å². The van der Waals surface area contributed by atoms with Crippen LogP contribution in [0.4, 0.5) is 0 Å². The Kier molecular flexibility index (Phi) is 6.52. The summed E-state index contributed by atoms with van der Waals surface area (Å²) in [6.07, 6.45) is 7.00. The number of benzene rings is 2. The Balaban J connectivity index is 2.53. The van der Waals surface area contributed by atoms with Crippen molar-refractivity contribution in [3.63, 3.8) is 0 Å². The van der Waals surface area contributed by atoms with Crippen LogP contribution in [0.2, 0.25) is 0 Å². The molecule has 0 spiro atoms. The van der Waals surface area contributed by atoms with Crippen molar-refractivity contribution in [2.24, 2.45) is 0 Å². The number of hydrogen-bond donors (Lipinski definition) is 2. The molecule has 2 aromatic rings. The van der Waals surface area contributed by atoms with Gasteiger partial charge < -0.3 is 0 Å². The molecule has 0 aromatic heterocycles. The fraction of sp³-hybridized carbons (Fsp3) is 0.211. The number of nitrogens with zero attached hydrogens (tertiary/aromatic N) is 1. The lowest BCUT2D eigenvalue weighted by Gasteiger charge is -2.28. The van der Waals surface area contributed by atoms with Crippen molar-refractivity contribution in [1.82, 2.24) is 9.79 Å². The number of rotatable bonds is 8. The van der Waals surface area contributed by atoms with Gasteiger partial charge >= 0.3 is 0 Å². The van der Waals surface area contributed by atoms with Crippen LogP contribution < -0.4 is 5.48 Å². The van der Waals surface area contributed by atoms with Gasteiger partial charge in [-0.05, 0) is 29.3 Å². The van der Waals surface area contributed by atoms with E-state index in [1.807, 2.05) is 24.3 Å². The van der Waals surface area contributed by atoms with E-state index < -0.39 is 22.0 Å². The molecule has 0 unspecified atom stereocenters. The predicted molar refractivity (Wildman–Crippen MR) is 99.8 cm³/mol. The van der Waals surface area contributed by atoms with Crippen LogP contribution in [0.3, 0.4) is 0 Å². The summed E-state index contributed by atoms with van der Waals surface area (Å²) in [5, 5.41) is 10.6. The Morgan fingerprint density at radius 3 is 2.62 bits per heavy atom. The molecule has 0 aliphatic heterocycles. The molecule has 0 heterocycles. The second kappa shape index (κ2) is 8.63. The number of fused-ring (bicyclic) bond motifs is 1. The highest BCUT2D eigenvalue weighted by Gasteiger charge is 2.35. The number of amides is 1. The Morgan fingerprint density at radius 1 is 1.31 bits per heavy atom. The lowest BCUT2D eigenvalue weighted by molar-refractivity contribution is -0.133. The predicted octanol–water partition coefficient (Wildman–Crippen LogP) is 2.30. The second-order valence-electron chi connectivity index (χ2n) is 5.60. The monoisotopic (exact) mass is 372 g/mol. The van der Waals surface area contributed by atoms with Crippen molar-refractivity contribution >= 4 is 26.7 Å². The smallest absolute Gasteiger partial charge is 0.262 e. The zero-order valence-electron chi connectivity index (χ0n) is 14.1. The van der Waals surface area contributed by atoms with Gasteiger partial charge in [0.15, 0.2) is 0 Å². The Morgan fingerprint density at radius 2 is 2.00 bits per heavy atom. The van der Waals surface area contributed by atoms with Crippen LogP contribution in [0.15, 0.2) is 60.0 Å². The molecule has 1 amide bonds. The number of nitrogens with one attached hydrogen (secondary N) is 1. The first-order chi connectivity index (χ1) is 12.5. The van der Waals surface area contributed by atoms with Gasteiger partial charge in [-0.2, -0.15) is 4.31 Å². The van der Waals surface area contributed by atoms with Gasteiger partial charge in [0.2, 0.25) is 10.0 Å². The summed E-state index contributed by atoms with van der Waals surface area (Å²) in [7, 11) is -4.02. The number of hydroxylamine groups is 1. The molecule has 0 radical (unpaired) electrons. The lowest BCUT2D eigenvalue weighted by Crippen LogP contribution is -2.49. The molecular formula is C19H20N2O4S. The van der Waals surface area contributed by atoms with E-state index in [0.29, 0.717) is 6.42 Å². The van der Waals surface area contributed by atoms with E-state index in [0.717, 1.165) is 15.1 Å². The Bertz CT molecular complexity index is 947. The van der Waals surface area contributed by atoms with Crippen LogP contribution in [0, 0.1) is 12.3 Å². The van der Waals surface area contributed by atoms with Crippen molar-refractivity contribution in [2.45, 2.75) is 23.8 Å². The maximum atomic E-state index is 13.2. The topological polar surface area (TPSA) is 86.7 Å². The largest absolute Gasteiger partial charge is 0.289 e. The summed E-state index contributed by atoms with van der Waals surface area (Å²) < 4.78 is 27.4. The summed E-state index contributed by atoms with van der Waals surface area (Å²) in [6.45, 7) is 3.60. The van der Waals surface area contributed by atoms with Gasteiger partial charge in [0.1, 0.15) is 6.04 Å². The maximum absolute atomic E-state index is 13.2. The van der Waals surface area contributed by atoms with Crippen LogP contribution in [0.5, 0.6) is 0 Å². The number of terminal acetylenes is 1. The average molecular weight is 372 g/mol. The van der Waals surface area contributed by atoms with E-state index in [-0.39, 0.29) is 17.9 Å². The minimum atomic E-state index is -4.02. The van der Waals surface area contributed by atoms with Crippen molar-refractivity contribution in [2.75, 3.05) is 6.54 Å². The molecule has 2 rings (SSSR count). The highest BCUT2D eigenvalue weighted by atomic mass is 32.2. The molecule has 0 aliphatic rings. The van der Waals surface area contributed by atoms with Crippen LogP contribution in [-0.4, -0.2) is 36.4 Å². The molecule has 1 atom stereocenters. The van der Waals surface area contributed by atoms with E-state index in [9.17, 15) is 13.2 Å². The summed E-state index contributed by atoms with van der Waals surface area (Å²) in [5.41, 5.74) is 1.49. The highest BCUT2D eigenvalue weighted by molar-refractivity contribution is 7.89. The molecule has 2 N–H and O–H groups in total. The first-order valence-electron chi connectivity index (χ1n) is 7.94. The maximum Gasteiger partial charge on any atom is 0.262 e. The normalized spacial score (nSPS) is 12.5. The van der Waals surface area contributed by atoms with E-state index >= 15 is 0 Å². The first-order valence-corrected chi connectivity index (χ1v) is 9.38. The van der Waals surface area contributed by atoms with Gasteiger partial charge in [0.25, 0.3) is 5.91 Å². The van der Waals surface area contributed by atoms with Crippen LogP contribution >= 0.6 is 0 Å². The van der Waals surface area contributed by atoms with E-state index in [2.05, 4.69) is 12.5 Å². The van der Waals surface area contributed by atoms with E-state index in [1.165, 1.54) is 11.5 Å². The van der Waals surface area contributed by atoms with Gasteiger partial charge in [-0.1, -0.05) is 36.4 Å². The highest BCUT2D eigenvalue weighted by Crippen LogP contribution is 2.24. The SMILES string of the molecule is C#CC[C@H](C(=O)NO)N(CCC=C)S(=O)(=O)c1ccc2ccccc2c1. The van der Waals surface area contributed by atoms with Gasteiger partial charge in [-0.3, -0.25) is 10.0 Å². The first kappa shape index (κ1) is 19.7. The molecule has 6 nitrogen and oxygen atoms in total. The van der Waals surface area contributed by atoms with Gasteiger partial charge in [-0.15, -0.1) is 18.9 Å². The summed E-state index contributed by atoms with van der Waals surface area (Å²) in [6, 6.07) is 10.9. The summed E-state index contributed by atoms with van der Waals surface area (Å²) in [5.74, 6) is 1.41. The average Bonchev–Trinajstić information content (AvgIpc) is 2.66. The molecule has 7 heteroatoms. The summed E-state index contributed by atoms with van der Waals surface area (Å²) >= 11 is 0. The number of carbonyl (C=O) groups is 1. The molecule has 0 fully saturated rings. The number of sulfonamides is 1. The molecule has 26 heavy (non-hydrogen) atoms. The molecule has 0 bridgehead atoms. The molecular weight excluding hydrogens is 352 g/mol. The third kappa shape index (κ3) is 4.11. The molecule has 0 aliphatic carbocycles. The van der Waals surface area contributed by atoms with Gasteiger partial charge in [0.05, 0.1) is 4.90 Å². The van der Waals surface area contributed by atoms with Crippen molar-refractivity contribution in [1.29, 1.82) is 0 Å². The molecule has 0 saturated heterocycles. The second-order valence-corrected chi connectivity index (χ2v) is 7.49. The van der Waals surface area contributed by atoms with Crippen LogP contribution in [-0.2, 0) is 14.8 Å². The Labute approximate surface area is 153 Å². The third-order valence-corrected chi connectivity index (χ3v) is 5.86.